The highest BCUT2D eigenvalue weighted by Gasteiger charge is 2.36. The summed E-state index contributed by atoms with van der Waals surface area (Å²) in [6.07, 6.45) is 0. The van der Waals surface area contributed by atoms with Gasteiger partial charge in [0.2, 0.25) is 0 Å². The summed E-state index contributed by atoms with van der Waals surface area (Å²) in [5, 5.41) is 9.69. The van der Waals surface area contributed by atoms with Crippen LogP contribution in [0.5, 0.6) is 0 Å². The van der Waals surface area contributed by atoms with E-state index in [0.717, 1.165) is 50.1 Å². The summed E-state index contributed by atoms with van der Waals surface area (Å²) in [7, 11) is 0. The Kier molecular flexibility index (Phi) is 7.31. The fraction of sp³-hybridized carbons (Fsp3) is 0.0526. The summed E-state index contributed by atoms with van der Waals surface area (Å²) in [5.41, 5.74) is 14.9. The minimum atomic E-state index is -0.141. The van der Waals surface area contributed by atoms with Gasteiger partial charge in [0.05, 0.1) is 5.69 Å². The van der Waals surface area contributed by atoms with Gasteiger partial charge in [-0.25, -0.2) is 0 Å². The maximum Gasteiger partial charge on any atom is 0.143 e. The van der Waals surface area contributed by atoms with Crippen molar-refractivity contribution < 1.29 is 4.42 Å². The first-order chi connectivity index (χ1) is 29.0. The molecule has 278 valence electrons. The molecule has 0 atom stereocenters. The Morgan fingerprint density at radius 3 is 1.81 bits per heavy atom. The second kappa shape index (κ2) is 12.8. The highest BCUT2D eigenvalue weighted by atomic mass is 16.3. The predicted molar refractivity (Wildman–Crippen MR) is 249 cm³/mol. The highest BCUT2D eigenvalue weighted by Crippen LogP contribution is 2.52. The van der Waals surface area contributed by atoms with Gasteiger partial charge in [-0.1, -0.05) is 166 Å². The maximum atomic E-state index is 6.83. The van der Waals surface area contributed by atoms with Gasteiger partial charge in [-0.15, -0.1) is 0 Å². The minimum absolute atomic E-state index is 0.141. The molecule has 0 saturated heterocycles. The van der Waals surface area contributed by atoms with Gasteiger partial charge in [-0.2, -0.15) is 0 Å². The molecule has 1 aliphatic rings. The molecule has 0 aliphatic heterocycles. The van der Waals surface area contributed by atoms with Gasteiger partial charge in [-0.05, 0) is 114 Å². The number of benzene rings is 10. The van der Waals surface area contributed by atoms with Crippen LogP contribution in [-0.2, 0) is 5.41 Å². The van der Waals surface area contributed by atoms with Crippen LogP contribution in [0.1, 0.15) is 25.0 Å². The Hall–Kier alpha value is -7.42. The average molecular weight is 754 g/mol. The molecule has 0 spiro atoms. The largest absolute Gasteiger partial charge is 0.455 e. The zero-order chi connectivity index (χ0) is 39.2. The van der Waals surface area contributed by atoms with Crippen LogP contribution in [0, 0.1) is 0 Å². The molecule has 2 heteroatoms. The van der Waals surface area contributed by atoms with Crippen molar-refractivity contribution in [3.63, 3.8) is 0 Å². The number of rotatable bonds is 5. The minimum Gasteiger partial charge on any atom is -0.455 e. The van der Waals surface area contributed by atoms with Crippen LogP contribution in [0.3, 0.4) is 0 Å². The fourth-order valence-electron chi connectivity index (χ4n) is 9.93. The number of nitrogens with zero attached hydrogens (tertiary/aromatic N) is 1. The zero-order valence-corrected chi connectivity index (χ0v) is 32.9. The second-order valence-electron chi connectivity index (χ2n) is 16.5. The molecule has 0 N–H and O–H groups in total. The van der Waals surface area contributed by atoms with Crippen molar-refractivity contribution in [2.75, 3.05) is 4.90 Å². The fourth-order valence-corrected chi connectivity index (χ4v) is 9.93. The first kappa shape index (κ1) is 33.7. The molecule has 0 radical (unpaired) electrons. The van der Waals surface area contributed by atoms with Crippen LogP contribution >= 0.6 is 0 Å². The van der Waals surface area contributed by atoms with Crippen LogP contribution in [0.4, 0.5) is 17.1 Å². The Morgan fingerprint density at radius 2 is 0.983 bits per heavy atom. The molecule has 1 heterocycles. The number of hydrogen-bond acceptors (Lipinski definition) is 2. The maximum absolute atomic E-state index is 6.83. The van der Waals surface area contributed by atoms with E-state index in [1.54, 1.807) is 0 Å². The normalized spacial score (nSPS) is 13.1. The van der Waals surface area contributed by atoms with Crippen molar-refractivity contribution in [1.29, 1.82) is 0 Å². The van der Waals surface area contributed by atoms with E-state index in [-0.39, 0.29) is 5.41 Å². The Bertz CT molecular complexity index is 3480. The molecule has 1 aromatic heterocycles. The van der Waals surface area contributed by atoms with Crippen LogP contribution in [-0.4, -0.2) is 0 Å². The summed E-state index contributed by atoms with van der Waals surface area (Å²) in [6.45, 7) is 4.71. The van der Waals surface area contributed by atoms with E-state index in [4.69, 9.17) is 4.42 Å². The van der Waals surface area contributed by atoms with Crippen molar-refractivity contribution in [2.24, 2.45) is 0 Å². The lowest BCUT2D eigenvalue weighted by Crippen LogP contribution is -2.16. The lowest BCUT2D eigenvalue weighted by Gasteiger charge is -2.30. The van der Waals surface area contributed by atoms with E-state index < -0.39 is 0 Å². The van der Waals surface area contributed by atoms with Crippen molar-refractivity contribution >= 4 is 71.3 Å². The first-order valence-corrected chi connectivity index (χ1v) is 20.5. The molecule has 0 fully saturated rings. The molecule has 2 nitrogen and oxygen atoms in total. The molecule has 12 rings (SSSR count). The zero-order valence-electron chi connectivity index (χ0n) is 32.9. The molecule has 0 unspecified atom stereocenters. The topological polar surface area (TPSA) is 16.4 Å². The van der Waals surface area contributed by atoms with Crippen LogP contribution in [0.25, 0.3) is 87.6 Å². The van der Waals surface area contributed by atoms with E-state index in [1.807, 2.05) is 0 Å². The van der Waals surface area contributed by atoms with Crippen LogP contribution in [0.2, 0.25) is 0 Å². The van der Waals surface area contributed by atoms with E-state index in [1.165, 1.54) is 65.7 Å². The summed E-state index contributed by atoms with van der Waals surface area (Å²) in [4.78, 5) is 2.44. The molecule has 10 aromatic carbocycles. The Morgan fingerprint density at radius 1 is 0.373 bits per heavy atom. The lowest BCUT2D eigenvalue weighted by molar-refractivity contribution is 0.660. The molecular weight excluding hydrogens is 715 g/mol. The number of hydrogen-bond donors (Lipinski definition) is 0. The molecule has 11 aromatic rings. The smallest absolute Gasteiger partial charge is 0.143 e. The predicted octanol–water partition coefficient (Wildman–Crippen LogP) is 16.2. The standard InChI is InChI=1S/C57H39NO/c1-57(2)52-24-11-9-20-45(52)46-31-30-41(35-53(46)57)58(40-28-26-36(27-29-40)50-33-39-16-5-6-17-42(39)43-18-7-8-19-44(43)50)54-25-12-10-21-47(54)48-22-13-23-49-51-32-37-14-3-4-15-38(37)34-55(51)59-56(48)49/h3-35H,1-2H3. The lowest BCUT2D eigenvalue weighted by atomic mass is 9.82. The molecule has 0 amide bonds. The first-order valence-electron chi connectivity index (χ1n) is 20.5. The number of furan rings is 1. The molecule has 1 aliphatic carbocycles. The number of fused-ring (bicyclic) bond motifs is 10. The van der Waals surface area contributed by atoms with E-state index >= 15 is 0 Å². The third-order valence-corrected chi connectivity index (χ3v) is 12.8. The molecule has 59 heavy (non-hydrogen) atoms. The van der Waals surface area contributed by atoms with E-state index in [0.29, 0.717) is 0 Å². The number of para-hydroxylation sites is 2. The van der Waals surface area contributed by atoms with Gasteiger partial charge >= 0.3 is 0 Å². The van der Waals surface area contributed by atoms with Gasteiger partial charge in [-0.3, -0.25) is 0 Å². The highest BCUT2D eigenvalue weighted by molar-refractivity contribution is 6.15. The second-order valence-corrected chi connectivity index (χ2v) is 16.5. The van der Waals surface area contributed by atoms with Gasteiger partial charge in [0.25, 0.3) is 0 Å². The van der Waals surface area contributed by atoms with E-state index in [2.05, 4.69) is 219 Å². The Balaban J connectivity index is 1.06. The quantitative estimate of drug-likeness (QED) is 0.163. The van der Waals surface area contributed by atoms with Gasteiger partial charge < -0.3 is 9.32 Å². The van der Waals surface area contributed by atoms with Crippen LogP contribution in [0.15, 0.2) is 205 Å². The van der Waals surface area contributed by atoms with E-state index in [9.17, 15) is 0 Å². The molecule has 0 bridgehead atoms. The van der Waals surface area contributed by atoms with Crippen molar-refractivity contribution in [1.82, 2.24) is 0 Å². The number of anilines is 3. The molecule has 0 saturated carbocycles. The van der Waals surface area contributed by atoms with Crippen molar-refractivity contribution in [2.45, 2.75) is 19.3 Å². The summed E-state index contributed by atoms with van der Waals surface area (Å²) in [5.74, 6) is 0. The van der Waals surface area contributed by atoms with Gasteiger partial charge in [0.1, 0.15) is 11.2 Å². The van der Waals surface area contributed by atoms with Crippen molar-refractivity contribution in [3.8, 4) is 33.4 Å². The SMILES string of the molecule is CC1(C)c2ccccc2-c2ccc(N(c3ccc(-c4cc5ccccc5c5ccccc45)cc3)c3ccccc3-c3cccc4c3oc3cc5ccccc5cc34)cc21. The molecular formula is C57H39NO. The monoisotopic (exact) mass is 753 g/mol. The Labute approximate surface area is 343 Å². The summed E-state index contributed by atoms with van der Waals surface area (Å²) in [6, 6.07) is 73.2. The average Bonchev–Trinajstić information content (AvgIpc) is 3.76. The third-order valence-electron chi connectivity index (χ3n) is 12.8. The van der Waals surface area contributed by atoms with Crippen molar-refractivity contribution in [3.05, 3.63) is 211 Å². The van der Waals surface area contributed by atoms with Gasteiger partial charge in [0, 0.05) is 38.7 Å². The third kappa shape index (κ3) is 5.13. The van der Waals surface area contributed by atoms with Gasteiger partial charge in [0.15, 0.2) is 0 Å². The summed E-state index contributed by atoms with van der Waals surface area (Å²) < 4.78 is 6.83. The van der Waals surface area contributed by atoms with Crippen LogP contribution < -0.4 is 4.90 Å². The summed E-state index contributed by atoms with van der Waals surface area (Å²) >= 11 is 0.